The van der Waals surface area contributed by atoms with E-state index in [0.717, 1.165) is 34.0 Å². The molecule has 0 radical (unpaired) electrons. The Labute approximate surface area is 146 Å². The Morgan fingerprint density at radius 3 is 2.75 bits per heavy atom. The summed E-state index contributed by atoms with van der Waals surface area (Å²) in [5.41, 5.74) is 2.43. The maximum Gasteiger partial charge on any atom is 0.137 e. The van der Waals surface area contributed by atoms with Crippen LogP contribution >= 0.6 is 47.8 Å². The van der Waals surface area contributed by atoms with E-state index in [1.165, 1.54) is 11.1 Å². The molecule has 0 spiro atoms. The van der Waals surface area contributed by atoms with Crippen LogP contribution in [0.4, 0.5) is 0 Å². The zero-order valence-electron chi connectivity index (χ0n) is 12.0. The van der Waals surface area contributed by atoms with Crippen LogP contribution in [-0.2, 0) is 6.42 Å². The number of rotatable bonds is 3. The molecule has 2 atom stereocenters. The van der Waals surface area contributed by atoms with Crippen molar-refractivity contribution in [3.05, 3.63) is 38.3 Å². The van der Waals surface area contributed by atoms with Crippen LogP contribution in [0, 0.1) is 0 Å². The minimum atomic E-state index is -0.171. The van der Waals surface area contributed by atoms with Crippen LogP contribution in [0.1, 0.15) is 39.2 Å². The topological polar surface area (TPSA) is 9.23 Å². The van der Waals surface area contributed by atoms with Crippen molar-refractivity contribution in [1.82, 2.24) is 0 Å². The van der Waals surface area contributed by atoms with Gasteiger partial charge in [-0.3, -0.25) is 0 Å². The molecule has 1 aromatic carbocycles. The highest BCUT2D eigenvalue weighted by Gasteiger charge is 2.39. The summed E-state index contributed by atoms with van der Waals surface area (Å²) in [7, 11) is 0. The van der Waals surface area contributed by atoms with Gasteiger partial charge in [0.1, 0.15) is 11.4 Å². The Morgan fingerprint density at radius 1 is 1.40 bits per heavy atom. The van der Waals surface area contributed by atoms with Crippen molar-refractivity contribution < 1.29 is 4.74 Å². The number of halogens is 3. The Bertz CT molecular complexity index is 535. The third-order valence-electron chi connectivity index (χ3n) is 3.68. The van der Waals surface area contributed by atoms with Crippen molar-refractivity contribution in [1.29, 1.82) is 0 Å². The first-order valence-corrected chi connectivity index (χ1v) is 9.26. The fourth-order valence-corrected chi connectivity index (χ4v) is 4.51. The summed E-state index contributed by atoms with van der Waals surface area (Å²) in [6.45, 7) is 6.47. The van der Waals surface area contributed by atoms with Crippen molar-refractivity contribution in [2.24, 2.45) is 0 Å². The van der Waals surface area contributed by atoms with Gasteiger partial charge >= 0.3 is 0 Å². The van der Waals surface area contributed by atoms with E-state index in [1.54, 1.807) is 0 Å². The van der Waals surface area contributed by atoms with Crippen molar-refractivity contribution in [2.75, 3.05) is 0 Å². The van der Waals surface area contributed by atoms with E-state index in [2.05, 4.69) is 80.7 Å². The van der Waals surface area contributed by atoms with Gasteiger partial charge in [-0.2, -0.15) is 0 Å². The van der Waals surface area contributed by atoms with Crippen LogP contribution in [-0.4, -0.2) is 10.4 Å². The van der Waals surface area contributed by atoms with Crippen molar-refractivity contribution in [3.63, 3.8) is 0 Å². The number of allylic oxidation sites excluding steroid dienone is 2. The third kappa shape index (κ3) is 3.69. The fraction of sp³-hybridized carbons (Fsp3) is 0.500. The highest BCUT2D eigenvalue weighted by molar-refractivity contribution is 9.11. The van der Waals surface area contributed by atoms with Gasteiger partial charge in [0.15, 0.2) is 0 Å². The second-order valence-corrected chi connectivity index (χ2v) is 8.66. The molecule has 110 valence electrons. The lowest BCUT2D eigenvalue weighted by Crippen LogP contribution is -2.45. The van der Waals surface area contributed by atoms with Gasteiger partial charge in [0, 0.05) is 4.47 Å². The molecule has 1 aliphatic heterocycles. The SMILES string of the molecule is CC(C)=CCCC1(C)Oc2c(Br)cc(Br)cc2CC1Br. The van der Waals surface area contributed by atoms with E-state index in [4.69, 9.17) is 4.74 Å². The first-order valence-electron chi connectivity index (χ1n) is 6.76. The van der Waals surface area contributed by atoms with Gasteiger partial charge in [-0.05, 0) is 73.7 Å². The first kappa shape index (κ1) is 16.6. The van der Waals surface area contributed by atoms with Crippen molar-refractivity contribution in [2.45, 2.75) is 50.5 Å². The highest BCUT2D eigenvalue weighted by atomic mass is 79.9. The van der Waals surface area contributed by atoms with Crippen LogP contribution in [0.2, 0.25) is 0 Å². The summed E-state index contributed by atoms with van der Waals surface area (Å²) in [5.74, 6) is 0.989. The van der Waals surface area contributed by atoms with Crippen molar-refractivity contribution >= 4 is 47.8 Å². The molecule has 2 rings (SSSR count). The normalized spacial score (nSPS) is 24.8. The second kappa shape index (κ2) is 6.53. The van der Waals surface area contributed by atoms with Crippen LogP contribution in [0.3, 0.4) is 0 Å². The number of ether oxygens (including phenoxy) is 1. The minimum absolute atomic E-state index is 0.171. The largest absolute Gasteiger partial charge is 0.485 e. The molecule has 0 fully saturated rings. The quantitative estimate of drug-likeness (QED) is 0.369. The molecule has 0 saturated carbocycles. The lowest BCUT2D eigenvalue weighted by atomic mass is 9.88. The van der Waals surface area contributed by atoms with Gasteiger partial charge in [-0.1, -0.05) is 43.5 Å². The first-order chi connectivity index (χ1) is 9.32. The van der Waals surface area contributed by atoms with E-state index < -0.39 is 0 Å². The molecule has 0 aliphatic carbocycles. The van der Waals surface area contributed by atoms with Gasteiger partial charge in [0.2, 0.25) is 0 Å². The minimum Gasteiger partial charge on any atom is -0.485 e. The van der Waals surface area contributed by atoms with E-state index in [0.29, 0.717) is 4.83 Å². The molecule has 0 saturated heterocycles. The van der Waals surface area contributed by atoms with Crippen LogP contribution < -0.4 is 4.74 Å². The standard InChI is InChI=1S/C16H19Br3O/c1-10(2)5-4-6-16(3)14(19)8-11-7-12(17)9-13(18)15(11)20-16/h5,7,9,14H,4,6,8H2,1-3H3. The molecule has 0 amide bonds. The van der Waals surface area contributed by atoms with Gasteiger partial charge < -0.3 is 4.74 Å². The summed E-state index contributed by atoms with van der Waals surface area (Å²) in [5, 5.41) is 0. The van der Waals surface area contributed by atoms with E-state index in [-0.39, 0.29) is 5.60 Å². The monoisotopic (exact) mass is 464 g/mol. The number of fused-ring (bicyclic) bond motifs is 1. The molecule has 1 aliphatic rings. The summed E-state index contributed by atoms with van der Waals surface area (Å²) in [4.78, 5) is 0.328. The predicted octanol–water partition coefficient (Wildman–Crippen LogP) is 6.42. The molecule has 0 aromatic heterocycles. The molecule has 1 heterocycles. The molecule has 0 N–H and O–H groups in total. The fourth-order valence-electron chi connectivity index (χ4n) is 2.44. The molecular weight excluding hydrogens is 448 g/mol. The van der Waals surface area contributed by atoms with Gasteiger partial charge in [0.05, 0.1) is 9.30 Å². The van der Waals surface area contributed by atoms with Gasteiger partial charge in [0.25, 0.3) is 0 Å². The molecular formula is C16H19Br3O. The maximum absolute atomic E-state index is 6.36. The van der Waals surface area contributed by atoms with Gasteiger partial charge in [-0.15, -0.1) is 0 Å². The van der Waals surface area contributed by atoms with E-state index in [1.807, 2.05) is 6.07 Å². The molecule has 20 heavy (non-hydrogen) atoms. The summed E-state index contributed by atoms with van der Waals surface area (Å²) >= 11 is 11.0. The maximum atomic E-state index is 6.36. The number of hydrogen-bond acceptors (Lipinski definition) is 1. The summed E-state index contributed by atoms with van der Waals surface area (Å²) < 4.78 is 8.46. The Balaban J connectivity index is 2.24. The lowest BCUT2D eigenvalue weighted by Gasteiger charge is -2.40. The van der Waals surface area contributed by atoms with Crippen LogP contribution in [0.15, 0.2) is 32.7 Å². The molecule has 0 bridgehead atoms. The lowest BCUT2D eigenvalue weighted by molar-refractivity contribution is 0.0647. The average Bonchev–Trinajstić information content (AvgIpc) is 2.31. The molecule has 4 heteroatoms. The van der Waals surface area contributed by atoms with Crippen LogP contribution in [0.5, 0.6) is 5.75 Å². The molecule has 1 nitrogen and oxygen atoms in total. The Morgan fingerprint density at radius 2 is 2.10 bits per heavy atom. The number of benzene rings is 1. The Hall–Kier alpha value is 0.200. The third-order valence-corrected chi connectivity index (χ3v) is 6.01. The number of hydrogen-bond donors (Lipinski definition) is 0. The van der Waals surface area contributed by atoms with Gasteiger partial charge in [-0.25, -0.2) is 0 Å². The second-order valence-electron chi connectivity index (χ2n) is 5.78. The smallest absolute Gasteiger partial charge is 0.137 e. The summed E-state index contributed by atoms with van der Waals surface area (Å²) in [6.07, 6.45) is 5.32. The van der Waals surface area contributed by atoms with Crippen molar-refractivity contribution in [3.8, 4) is 5.75 Å². The molecule has 1 aromatic rings. The number of alkyl halides is 1. The Kier molecular flexibility index (Phi) is 5.41. The van der Waals surface area contributed by atoms with E-state index in [9.17, 15) is 0 Å². The van der Waals surface area contributed by atoms with E-state index >= 15 is 0 Å². The zero-order valence-corrected chi connectivity index (χ0v) is 16.7. The van der Waals surface area contributed by atoms with Crippen LogP contribution in [0.25, 0.3) is 0 Å². The highest BCUT2D eigenvalue weighted by Crippen LogP contribution is 2.44. The predicted molar refractivity (Wildman–Crippen MR) is 96.0 cm³/mol. The summed E-state index contributed by atoms with van der Waals surface area (Å²) in [6, 6.07) is 4.19. The molecule has 2 unspecified atom stereocenters. The zero-order chi connectivity index (χ0) is 14.9. The average molecular weight is 467 g/mol.